The minimum absolute atomic E-state index is 0.525. The molecule has 0 unspecified atom stereocenters. The molecule has 45 heavy (non-hydrogen) atoms. The average molecular weight is 586 g/mol. The van der Waals surface area contributed by atoms with Crippen molar-refractivity contribution in [1.82, 2.24) is 15.0 Å². The van der Waals surface area contributed by atoms with Crippen molar-refractivity contribution in [3.63, 3.8) is 0 Å². The molecule has 0 atom stereocenters. The first-order valence-electron chi connectivity index (χ1n) is 15.4. The molecule has 7 aromatic rings. The van der Waals surface area contributed by atoms with Gasteiger partial charge in [-0.1, -0.05) is 115 Å². The molecule has 0 radical (unpaired) electrons. The van der Waals surface area contributed by atoms with Crippen molar-refractivity contribution in [3.8, 4) is 33.8 Å². The second-order valence-electron chi connectivity index (χ2n) is 12.7. The normalized spacial score (nSPS) is 15.7. The number of hydrogen-bond donors (Lipinski definition) is 0. The quantitative estimate of drug-likeness (QED) is 0.153. The van der Waals surface area contributed by atoms with Gasteiger partial charge in [-0.05, 0) is 33.8 Å². The van der Waals surface area contributed by atoms with E-state index in [2.05, 4.69) is 88.4 Å². The Labute approximate surface area is 263 Å². The van der Waals surface area contributed by atoms with E-state index in [1.165, 1.54) is 0 Å². The van der Waals surface area contributed by atoms with Crippen LogP contribution in [-0.4, -0.2) is 33.3 Å². The fraction of sp³-hybridized carbons (Fsp3) is 0.154. The molecule has 5 nitrogen and oxygen atoms in total. The highest BCUT2D eigenvalue weighted by molar-refractivity contribution is 6.65. The summed E-state index contributed by atoms with van der Waals surface area (Å²) in [5.41, 5.74) is 7.81. The van der Waals surface area contributed by atoms with Crippen LogP contribution in [0.1, 0.15) is 27.7 Å². The Morgan fingerprint density at radius 3 is 1.51 bits per heavy atom. The number of nitrogens with zero attached hydrogens (tertiary/aromatic N) is 3. The Bertz CT molecular complexity index is 2200. The van der Waals surface area contributed by atoms with E-state index in [1.54, 1.807) is 0 Å². The molecule has 0 N–H and O–H groups in total. The van der Waals surface area contributed by atoms with Crippen LogP contribution in [0.3, 0.4) is 0 Å². The van der Waals surface area contributed by atoms with Crippen molar-refractivity contribution in [2.75, 3.05) is 0 Å². The van der Waals surface area contributed by atoms with Crippen LogP contribution in [0.15, 0.2) is 121 Å². The van der Waals surface area contributed by atoms with Gasteiger partial charge in [-0.2, -0.15) is 0 Å². The molecule has 8 rings (SSSR count). The van der Waals surface area contributed by atoms with Crippen LogP contribution >= 0.6 is 0 Å². The largest absolute Gasteiger partial charge is 0.497 e. The van der Waals surface area contributed by atoms with Crippen LogP contribution in [0, 0.1) is 0 Å². The molecule has 1 saturated heterocycles. The lowest BCUT2D eigenvalue weighted by Gasteiger charge is -2.32. The number of para-hydroxylation sites is 1. The summed E-state index contributed by atoms with van der Waals surface area (Å²) in [7, 11) is -0.641. The first kappa shape index (κ1) is 27.6. The molecule has 1 aliphatic rings. The molecule has 2 aromatic heterocycles. The van der Waals surface area contributed by atoms with Crippen LogP contribution in [0.4, 0.5) is 0 Å². The molecule has 0 bridgehead atoms. The molecular formula is C39H32BN3O2. The maximum absolute atomic E-state index is 6.69. The zero-order valence-electron chi connectivity index (χ0n) is 25.8. The number of aromatic nitrogens is 3. The van der Waals surface area contributed by atoms with E-state index in [4.69, 9.17) is 24.3 Å². The second kappa shape index (κ2) is 10.3. The van der Waals surface area contributed by atoms with Gasteiger partial charge in [0.25, 0.3) is 0 Å². The highest BCUT2D eigenvalue weighted by atomic mass is 16.7. The van der Waals surface area contributed by atoms with E-state index < -0.39 is 18.3 Å². The van der Waals surface area contributed by atoms with E-state index in [0.29, 0.717) is 0 Å². The third-order valence-corrected chi connectivity index (χ3v) is 9.28. The molecule has 0 saturated carbocycles. The Morgan fingerprint density at radius 1 is 0.489 bits per heavy atom. The lowest BCUT2D eigenvalue weighted by Crippen LogP contribution is -2.41. The summed E-state index contributed by atoms with van der Waals surface area (Å²) >= 11 is 0. The average Bonchev–Trinajstić information content (AvgIpc) is 3.30. The van der Waals surface area contributed by atoms with E-state index >= 15 is 0 Å². The molecule has 0 aliphatic carbocycles. The Balaban J connectivity index is 1.57. The predicted molar refractivity (Wildman–Crippen MR) is 184 cm³/mol. The SMILES string of the molecule is CC1(C)OB(c2cc3c(-c4ccccc4)nc4ccccc4c3c3nc(-c4ccccc4)c(-c4ccccc4)nc23)OC1(C)C. The topological polar surface area (TPSA) is 57.1 Å². The summed E-state index contributed by atoms with van der Waals surface area (Å²) in [5, 5.41) is 3.02. The zero-order chi connectivity index (χ0) is 30.8. The van der Waals surface area contributed by atoms with Gasteiger partial charge in [-0.3, -0.25) is 0 Å². The highest BCUT2D eigenvalue weighted by Gasteiger charge is 2.52. The van der Waals surface area contributed by atoms with Gasteiger partial charge in [0.2, 0.25) is 0 Å². The maximum atomic E-state index is 6.69. The molecule has 6 heteroatoms. The Morgan fingerprint density at radius 2 is 0.956 bits per heavy atom. The molecule has 0 amide bonds. The van der Waals surface area contributed by atoms with Gasteiger partial charge >= 0.3 is 7.12 Å². The lowest BCUT2D eigenvalue weighted by molar-refractivity contribution is 0.00578. The number of rotatable bonds is 4. The second-order valence-corrected chi connectivity index (χ2v) is 12.7. The van der Waals surface area contributed by atoms with Crippen molar-refractivity contribution in [2.45, 2.75) is 38.9 Å². The predicted octanol–water partition coefficient (Wildman–Crippen LogP) is 8.63. The molecule has 1 fully saturated rings. The van der Waals surface area contributed by atoms with Gasteiger partial charge in [0.1, 0.15) is 0 Å². The summed E-state index contributed by atoms with van der Waals surface area (Å²) in [6, 6.07) is 41.4. The molecular weight excluding hydrogens is 553 g/mol. The third kappa shape index (κ3) is 4.52. The van der Waals surface area contributed by atoms with Crippen LogP contribution in [0.5, 0.6) is 0 Å². The van der Waals surface area contributed by atoms with Crippen molar-refractivity contribution >= 4 is 45.3 Å². The Kier molecular flexibility index (Phi) is 6.35. The van der Waals surface area contributed by atoms with Crippen LogP contribution in [0.25, 0.3) is 66.5 Å². The van der Waals surface area contributed by atoms with Gasteiger partial charge in [-0.15, -0.1) is 0 Å². The molecule has 5 aromatic carbocycles. The first-order chi connectivity index (χ1) is 21.8. The Hall–Kier alpha value is -4.91. The number of hydrogen-bond acceptors (Lipinski definition) is 5. The van der Waals surface area contributed by atoms with Gasteiger partial charge in [0.15, 0.2) is 0 Å². The minimum Gasteiger partial charge on any atom is -0.399 e. The summed E-state index contributed by atoms with van der Waals surface area (Å²) in [4.78, 5) is 16.2. The number of fused-ring (bicyclic) bond motifs is 5. The van der Waals surface area contributed by atoms with Crippen LogP contribution in [-0.2, 0) is 9.31 Å². The third-order valence-electron chi connectivity index (χ3n) is 9.28. The fourth-order valence-corrected chi connectivity index (χ4v) is 6.22. The minimum atomic E-state index is -0.641. The molecule has 218 valence electrons. The molecule has 0 spiro atoms. The highest BCUT2D eigenvalue weighted by Crippen LogP contribution is 2.41. The zero-order valence-corrected chi connectivity index (χ0v) is 25.8. The van der Waals surface area contributed by atoms with Crippen molar-refractivity contribution in [2.24, 2.45) is 0 Å². The van der Waals surface area contributed by atoms with Gasteiger partial charge < -0.3 is 9.31 Å². The van der Waals surface area contributed by atoms with Crippen molar-refractivity contribution in [1.29, 1.82) is 0 Å². The first-order valence-corrected chi connectivity index (χ1v) is 15.4. The van der Waals surface area contributed by atoms with Gasteiger partial charge in [-0.25, -0.2) is 15.0 Å². The van der Waals surface area contributed by atoms with Crippen molar-refractivity contribution < 1.29 is 9.31 Å². The summed E-state index contributed by atoms with van der Waals surface area (Å²) < 4.78 is 13.4. The maximum Gasteiger partial charge on any atom is 0.497 e. The summed E-state index contributed by atoms with van der Waals surface area (Å²) in [6.07, 6.45) is 0. The van der Waals surface area contributed by atoms with E-state index in [0.717, 1.165) is 71.9 Å². The van der Waals surface area contributed by atoms with Crippen LogP contribution in [0.2, 0.25) is 0 Å². The monoisotopic (exact) mass is 585 g/mol. The lowest BCUT2D eigenvalue weighted by atomic mass is 9.76. The van der Waals surface area contributed by atoms with E-state index in [-0.39, 0.29) is 0 Å². The molecule has 1 aliphatic heterocycles. The van der Waals surface area contributed by atoms with Gasteiger partial charge in [0, 0.05) is 38.3 Å². The van der Waals surface area contributed by atoms with E-state index in [9.17, 15) is 0 Å². The van der Waals surface area contributed by atoms with Crippen molar-refractivity contribution in [3.05, 3.63) is 121 Å². The summed E-state index contributed by atoms with van der Waals surface area (Å²) in [5.74, 6) is 0. The number of pyridine rings is 1. The fourth-order valence-electron chi connectivity index (χ4n) is 6.22. The molecule has 3 heterocycles. The standard InChI is InChI=1S/C39H32BN3O2/c1-38(2)39(3,4)45-40(44-38)30-24-29-32(28-22-14-15-23-31(28)41-33(29)25-16-8-5-9-17-25)37-36(30)42-34(26-18-10-6-11-19-26)35(43-37)27-20-12-7-13-21-27/h5-24H,1-4H3. The number of benzene rings is 5. The van der Waals surface area contributed by atoms with E-state index in [1.807, 2.05) is 60.7 Å². The summed E-state index contributed by atoms with van der Waals surface area (Å²) in [6.45, 7) is 8.31. The van der Waals surface area contributed by atoms with Crippen LogP contribution < -0.4 is 5.46 Å². The smallest absolute Gasteiger partial charge is 0.399 e. The van der Waals surface area contributed by atoms with Gasteiger partial charge in [0.05, 0.1) is 44.8 Å².